The lowest BCUT2D eigenvalue weighted by molar-refractivity contribution is -0.124. The predicted octanol–water partition coefficient (Wildman–Crippen LogP) is 3.84. The van der Waals surface area contributed by atoms with Crippen LogP contribution >= 0.6 is 22.9 Å². The number of rotatable bonds is 3. The number of nitrogens with one attached hydrogen (secondary N) is 1. The van der Waals surface area contributed by atoms with Gasteiger partial charge in [0.15, 0.2) is 5.13 Å². The van der Waals surface area contributed by atoms with Crippen LogP contribution in [0.4, 0.5) is 5.13 Å². The maximum Gasteiger partial charge on any atom is 0.236 e. The first-order valence-electron chi connectivity index (χ1n) is 8.31. The molecule has 1 fully saturated rings. The van der Waals surface area contributed by atoms with E-state index in [1.165, 1.54) is 4.88 Å². The first-order chi connectivity index (χ1) is 11.6. The van der Waals surface area contributed by atoms with Crippen LogP contribution in [0, 0.1) is 0 Å². The van der Waals surface area contributed by atoms with Crippen LogP contribution in [-0.2, 0) is 23.2 Å². The molecule has 0 bridgehead atoms. The van der Waals surface area contributed by atoms with Crippen molar-refractivity contribution in [3.8, 4) is 0 Å². The Balaban J connectivity index is 1.56. The van der Waals surface area contributed by atoms with Crippen molar-refractivity contribution in [3.63, 3.8) is 0 Å². The number of thiazole rings is 1. The number of likely N-dealkylation sites (N-methyl/N-ethyl adjacent to an activating group) is 1. The van der Waals surface area contributed by atoms with Crippen LogP contribution in [0.5, 0.6) is 0 Å². The van der Waals surface area contributed by atoms with E-state index in [-0.39, 0.29) is 5.91 Å². The SMILES string of the molecule is CN1CCc2nc(NC(=O)C3(c4ccc(Cl)cc4)CCC3)sc2C1. The Bertz CT molecular complexity index is 767. The molecule has 126 valence electrons. The fraction of sp³-hybridized carbons (Fsp3) is 0.444. The van der Waals surface area contributed by atoms with Crippen molar-refractivity contribution >= 4 is 34.0 Å². The Morgan fingerprint density at radius 2 is 2.08 bits per heavy atom. The van der Waals surface area contributed by atoms with Gasteiger partial charge in [-0.3, -0.25) is 4.79 Å². The van der Waals surface area contributed by atoms with Crippen molar-refractivity contribution < 1.29 is 4.79 Å². The summed E-state index contributed by atoms with van der Waals surface area (Å²) in [4.78, 5) is 21.2. The number of hydrogen-bond acceptors (Lipinski definition) is 4. The zero-order valence-corrected chi connectivity index (χ0v) is 15.2. The van der Waals surface area contributed by atoms with Gasteiger partial charge in [-0.15, -0.1) is 11.3 Å². The number of nitrogens with zero attached hydrogens (tertiary/aromatic N) is 2. The summed E-state index contributed by atoms with van der Waals surface area (Å²) in [6, 6.07) is 7.68. The molecule has 4 rings (SSSR count). The van der Waals surface area contributed by atoms with E-state index < -0.39 is 5.41 Å². The van der Waals surface area contributed by atoms with Crippen molar-refractivity contribution in [2.24, 2.45) is 0 Å². The summed E-state index contributed by atoms with van der Waals surface area (Å²) < 4.78 is 0. The third-order valence-corrected chi connectivity index (χ3v) is 6.43. The molecule has 2 aliphatic rings. The second-order valence-electron chi connectivity index (χ2n) is 6.77. The summed E-state index contributed by atoms with van der Waals surface area (Å²) in [5.41, 5.74) is 1.77. The van der Waals surface area contributed by atoms with E-state index >= 15 is 0 Å². The van der Waals surface area contributed by atoms with Gasteiger partial charge in [0.25, 0.3) is 0 Å². The number of hydrogen-bond donors (Lipinski definition) is 1. The fourth-order valence-corrected chi connectivity index (χ4v) is 4.75. The average Bonchev–Trinajstić information content (AvgIpc) is 2.89. The monoisotopic (exact) mass is 361 g/mol. The van der Waals surface area contributed by atoms with Gasteiger partial charge in [0, 0.05) is 29.4 Å². The summed E-state index contributed by atoms with van der Waals surface area (Å²) in [6.45, 7) is 1.95. The minimum Gasteiger partial charge on any atom is -0.301 e. The molecule has 1 aromatic heterocycles. The van der Waals surface area contributed by atoms with Crippen LogP contribution in [0.2, 0.25) is 5.02 Å². The number of carbonyl (C=O) groups excluding carboxylic acids is 1. The highest BCUT2D eigenvalue weighted by atomic mass is 35.5. The molecule has 1 aliphatic carbocycles. The second kappa shape index (κ2) is 6.14. The van der Waals surface area contributed by atoms with E-state index in [9.17, 15) is 4.79 Å². The van der Waals surface area contributed by atoms with Crippen LogP contribution in [0.25, 0.3) is 0 Å². The molecule has 1 saturated carbocycles. The summed E-state index contributed by atoms with van der Waals surface area (Å²) >= 11 is 7.60. The van der Waals surface area contributed by atoms with Crippen molar-refractivity contribution in [1.82, 2.24) is 9.88 Å². The molecule has 2 aromatic rings. The van der Waals surface area contributed by atoms with E-state index in [0.717, 1.165) is 55.2 Å². The van der Waals surface area contributed by atoms with Crippen molar-refractivity contribution in [3.05, 3.63) is 45.4 Å². The number of aromatic nitrogens is 1. The van der Waals surface area contributed by atoms with Crippen molar-refractivity contribution in [2.75, 3.05) is 18.9 Å². The van der Waals surface area contributed by atoms with Gasteiger partial charge in [0.2, 0.25) is 5.91 Å². The van der Waals surface area contributed by atoms with Crippen LogP contribution in [0.1, 0.15) is 35.4 Å². The molecule has 1 N–H and O–H groups in total. The molecule has 4 nitrogen and oxygen atoms in total. The largest absolute Gasteiger partial charge is 0.301 e. The zero-order chi connectivity index (χ0) is 16.7. The van der Waals surface area contributed by atoms with Crippen LogP contribution < -0.4 is 5.32 Å². The van der Waals surface area contributed by atoms with Gasteiger partial charge in [0.1, 0.15) is 0 Å². The van der Waals surface area contributed by atoms with Crippen LogP contribution in [0.3, 0.4) is 0 Å². The molecular formula is C18H20ClN3OS. The molecule has 0 atom stereocenters. The van der Waals surface area contributed by atoms with Gasteiger partial charge < -0.3 is 10.2 Å². The molecule has 0 unspecified atom stereocenters. The average molecular weight is 362 g/mol. The Morgan fingerprint density at radius 1 is 1.33 bits per heavy atom. The van der Waals surface area contributed by atoms with Gasteiger partial charge in [-0.1, -0.05) is 30.2 Å². The molecule has 6 heteroatoms. The molecule has 0 radical (unpaired) electrons. The van der Waals surface area contributed by atoms with Crippen molar-refractivity contribution in [2.45, 2.75) is 37.6 Å². The minimum absolute atomic E-state index is 0.0653. The predicted molar refractivity (Wildman–Crippen MR) is 97.8 cm³/mol. The number of benzene rings is 1. The smallest absolute Gasteiger partial charge is 0.236 e. The lowest BCUT2D eigenvalue weighted by atomic mass is 9.64. The van der Waals surface area contributed by atoms with Gasteiger partial charge in [-0.05, 0) is 37.6 Å². The molecule has 1 amide bonds. The maximum absolute atomic E-state index is 13.0. The minimum atomic E-state index is -0.423. The third-order valence-electron chi connectivity index (χ3n) is 5.18. The second-order valence-corrected chi connectivity index (χ2v) is 8.29. The van der Waals surface area contributed by atoms with E-state index in [0.29, 0.717) is 5.02 Å². The van der Waals surface area contributed by atoms with Crippen LogP contribution in [-0.4, -0.2) is 29.4 Å². The van der Waals surface area contributed by atoms with E-state index in [1.54, 1.807) is 11.3 Å². The number of halogens is 1. The Hall–Kier alpha value is -1.43. The van der Waals surface area contributed by atoms with Gasteiger partial charge in [-0.2, -0.15) is 0 Å². The van der Waals surface area contributed by atoms with Crippen molar-refractivity contribution in [1.29, 1.82) is 0 Å². The molecule has 0 saturated heterocycles. The molecule has 1 aromatic carbocycles. The first kappa shape index (κ1) is 16.1. The van der Waals surface area contributed by atoms with Gasteiger partial charge in [0.05, 0.1) is 11.1 Å². The highest BCUT2D eigenvalue weighted by Crippen LogP contribution is 2.45. The first-order valence-corrected chi connectivity index (χ1v) is 9.51. The standard InChI is InChI=1S/C18H20ClN3OS/c1-22-10-7-14-15(11-22)24-17(20-14)21-16(23)18(8-2-9-18)12-3-5-13(19)6-4-12/h3-6H,2,7-11H2,1H3,(H,20,21,23). The zero-order valence-electron chi connectivity index (χ0n) is 13.6. The summed E-state index contributed by atoms with van der Waals surface area (Å²) in [6.07, 6.45) is 3.80. The third kappa shape index (κ3) is 2.75. The molecule has 0 spiro atoms. The fourth-order valence-electron chi connectivity index (χ4n) is 3.54. The number of fused-ring (bicyclic) bond motifs is 1. The normalized spacial score (nSPS) is 19.4. The summed E-state index contributed by atoms with van der Waals surface area (Å²) in [5.74, 6) is 0.0653. The quantitative estimate of drug-likeness (QED) is 0.903. The van der Waals surface area contributed by atoms with E-state index in [1.807, 2.05) is 24.3 Å². The summed E-state index contributed by atoms with van der Waals surface area (Å²) in [5, 5.41) is 4.52. The lowest BCUT2D eigenvalue weighted by Crippen LogP contribution is -2.46. The number of carbonyl (C=O) groups is 1. The van der Waals surface area contributed by atoms with E-state index in [2.05, 4.69) is 22.2 Å². The Kier molecular flexibility index (Phi) is 4.11. The number of amides is 1. The topological polar surface area (TPSA) is 45.2 Å². The van der Waals surface area contributed by atoms with Gasteiger partial charge in [-0.25, -0.2) is 4.98 Å². The summed E-state index contributed by atoms with van der Waals surface area (Å²) in [7, 11) is 2.12. The highest BCUT2D eigenvalue weighted by Gasteiger charge is 2.45. The lowest BCUT2D eigenvalue weighted by Gasteiger charge is -2.40. The molecule has 24 heavy (non-hydrogen) atoms. The van der Waals surface area contributed by atoms with Crippen LogP contribution in [0.15, 0.2) is 24.3 Å². The molecule has 2 heterocycles. The Labute approximate surface area is 150 Å². The van der Waals surface area contributed by atoms with E-state index in [4.69, 9.17) is 11.6 Å². The molecular weight excluding hydrogens is 342 g/mol. The van der Waals surface area contributed by atoms with Gasteiger partial charge >= 0.3 is 0 Å². The highest BCUT2D eigenvalue weighted by molar-refractivity contribution is 7.15. The Morgan fingerprint density at radius 3 is 2.75 bits per heavy atom. The number of anilines is 1. The molecule has 1 aliphatic heterocycles. The maximum atomic E-state index is 13.0.